The molecule has 0 aliphatic heterocycles. The molecule has 0 bridgehead atoms. The topological polar surface area (TPSA) is 59.3 Å². The minimum Gasteiger partial charge on any atom is -0.347 e. The maximum Gasteiger partial charge on any atom is 0.254 e. The number of nitrogens with one attached hydrogen (secondary N) is 1. The summed E-state index contributed by atoms with van der Waals surface area (Å²) in [5.74, 6) is -0.143. The summed E-state index contributed by atoms with van der Waals surface area (Å²) in [4.78, 5) is 17.3. The molecule has 0 saturated carbocycles. The first-order valence-electron chi connectivity index (χ1n) is 5.85. The van der Waals surface area contributed by atoms with Crippen molar-refractivity contribution in [1.29, 1.82) is 0 Å². The van der Waals surface area contributed by atoms with Gasteiger partial charge in [-0.1, -0.05) is 6.07 Å². The normalized spacial score (nSPS) is 10.8. The van der Waals surface area contributed by atoms with Gasteiger partial charge in [0.2, 0.25) is 0 Å². The largest absolute Gasteiger partial charge is 0.347 e. The molecule has 0 aliphatic rings. The molecule has 3 heterocycles. The van der Waals surface area contributed by atoms with E-state index >= 15 is 0 Å². The zero-order valence-electron chi connectivity index (χ0n) is 10.3. The van der Waals surface area contributed by atoms with Crippen molar-refractivity contribution in [3.63, 3.8) is 0 Å². The van der Waals surface area contributed by atoms with Gasteiger partial charge >= 0.3 is 0 Å². The summed E-state index contributed by atoms with van der Waals surface area (Å²) < 4.78 is 1.62. The third-order valence-electron chi connectivity index (χ3n) is 2.70. The minimum absolute atomic E-state index is 0.143. The Kier molecular flexibility index (Phi) is 3.00. The molecule has 0 radical (unpaired) electrons. The summed E-state index contributed by atoms with van der Waals surface area (Å²) in [6, 6.07) is 5.82. The molecule has 0 unspecified atom stereocenters. The minimum atomic E-state index is -0.143. The van der Waals surface area contributed by atoms with Gasteiger partial charge in [0.05, 0.1) is 17.8 Å². The van der Waals surface area contributed by atoms with Crippen LogP contribution in [0.2, 0.25) is 0 Å². The molecule has 19 heavy (non-hydrogen) atoms. The molecule has 3 rings (SSSR count). The Hall–Kier alpha value is -2.21. The number of aryl methyl sites for hydroxylation is 1. The second kappa shape index (κ2) is 4.81. The van der Waals surface area contributed by atoms with E-state index in [1.165, 1.54) is 0 Å². The number of amides is 1. The van der Waals surface area contributed by atoms with E-state index in [4.69, 9.17) is 0 Å². The molecule has 0 aliphatic carbocycles. The second-order valence-electron chi connectivity index (χ2n) is 4.19. The number of hydrogen-bond acceptors (Lipinski definition) is 4. The lowest BCUT2D eigenvalue weighted by Gasteiger charge is -2.03. The molecule has 1 N–H and O–H groups in total. The molecule has 0 aromatic carbocycles. The lowest BCUT2D eigenvalue weighted by molar-refractivity contribution is 0.0950. The Balaban J connectivity index is 1.77. The first-order chi connectivity index (χ1) is 9.22. The smallest absolute Gasteiger partial charge is 0.254 e. The van der Waals surface area contributed by atoms with E-state index < -0.39 is 0 Å². The van der Waals surface area contributed by atoms with Crippen molar-refractivity contribution in [2.75, 3.05) is 0 Å². The quantitative estimate of drug-likeness (QED) is 0.793. The van der Waals surface area contributed by atoms with E-state index in [-0.39, 0.29) is 5.91 Å². The Labute approximate surface area is 113 Å². The van der Waals surface area contributed by atoms with Gasteiger partial charge in [-0.15, -0.1) is 11.3 Å². The van der Waals surface area contributed by atoms with Gasteiger partial charge in [-0.05, 0) is 18.4 Å². The third kappa shape index (κ3) is 2.48. The summed E-state index contributed by atoms with van der Waals surface area (Å²) in [7, 11) is 0. The first kappa shape index (κ1) is 11.9. The number of carbonyl (C=O) groups is 1. The van der Waals surface area contributed by atoms with E-state index in [9.17, 15) is 4.79 Å². The van der Waals surface area contributed by atoms with Crippen molar-refractivity contribution in [1.82, 2.24) is 19.9 Å². The second-order valence-corrected chi connectivity index (χ2v) is 5.23. The van der Waals surface area contributed by atoms with E-state index in [0.717, 1.165) is 16.2 Å². The lowest BCUT2D eigenvalue weighted by Crippen LogP contribution is -2.22. The Morgan fingerprint density at radius 1 is 1.53 bits per heavy atom. The molecular weight excluding hydrogens is 260 g/mol. The van der Waals surface area contributed by atoms with E-state index in [1.807, 2.05) is 30.5 Å². The SMILES string of the molecule is Cc1cc2ncc(C(=O)NCc3cccs3)cn2n1. The van der Waals surface area contributed by atoms with Crippen LogP contribution >= 0.6 is 11.3 Å². The molecule has 0 fully saturated rings. The fourth-order valence-corrected chi connectivity index (χ4v) is 2.44. The predicted molar refractivity (Wildman–Crippen MR) is 73.2 cm³/mol. The predicted octanol–water partition coefficient (Wildman–Crippen LogP) is 2.03. The maximum absolute atomic E-state index is 12.0. The van der Waals surface area contributed by atoms with E-state index in [1.54, 1.807) is 28.2 Å². The van der Waals surface area contributed by atoms with Gasteiger partial charge in [-0.25, -0.2) is 9.50 Å². The highest BCUT2D eigenvalue weighted by Gasteiger charge is 2.08. The standard InChI is InChI=1S/C13H12N4OS/c1-9-5-12-14-6-10(8-17(12)16-9)13(18)15-7-11-3-2-4-19-11/h2-6,8H,7H2,1H3,(H,15,18). The van der Waals surface area contributed by atoms with Crippen molar-refractivity contribution in [2.24, 2.45) is 0 Å². The fraction of sp³-hybridized carbons (Fsp3) is 0.154. The average molecular weight is 272 g/mol. The Bertz CT molecular complexity index is 717. The molecule has 1 amide bonds. The van der Waals surface area contributed by atoms with Crippen LogP contribution in [0.15, 0.2) is 36.0 Å². The van der Waals surface area contributed by atoms with Crippen LogP contribution in [0.4, 0.5) is 0 Å². The van der Waals surface area contributed by atoms with Gasteiger partial charge in [0.1, 0.15) is 0 Å². The van der Waals surface area contributed by atoms with Crippen LogP contribution in [0.25, 0.3) is 5.65 Å². The number of hydrogen-bond donors (Lipinski definition) is 1. The first-order valence-corrected chi connectivity index (χ1v) is 6.73. The van der Waals surface area contributed by atoms with Crippen LogP contribution in [0.5, 0.6) is 0 Å². The fourth-order valence-electron chi connectivity index (χ4n) is 1.80. The molecule has 0 spiro atoms. The molecule has 3 aromatic heterocycles. The summed E-state index contributed by atoms with van der Waals surface area (Å²) in [6.45, 7) is 2.43. The van der Waals surface area contributed by atoms with Crippen LogP contribution < -0.4 is 5.32 Å². The van der Waals surface area contributed by atoms with Crippen LogP contribution in [-0.2, 0) is 6.54 Å². The number of rotatable bonds is 3. The van der Waals surface area contributed by atoms with E-state index in [0.29, 0.717) is 12.1 Å². The molecule has 96 valence electrons. The zero-order chi connectivity index (χ0) is 13.2. The van der Waals surface area contributed by atoms with Gasteiger partial charge in [-0.2, -0.15) is 5.10 Å². The summed E-state index contributed by atoms with van der Waals surface area (Å²) >= 11 is 1.62. The Morgan fingerprint density at radius 2 is 2.42 bits per heavy atom. The number of fused-ring (bicyclic) bond motifs is 1. The van der Waals surface area contributed by atoms with Crippen molar-refractivity contribution >= 4 is 22.9 Å². The molecule has 0 saturated heterocycles. The van der Waals surface area contributed by atoms with Crippen LogP contribution in [0, 0.1) is 6.92 Å². The Morgan fingerprint density at radius 3 is 3.21 bits per heavy atom. The van der Waals surface area contributed by atoms with Crippen LogP contribution in [0.1, 0.15) is 20.9 Å². The van der Waals surface area contributed by atoms with Gasteiger partial charge in [0, 0.05) is 23.3 Å². The number of aromatic nitrogens is 3. The molecule has 5 nitrogen and oxygen atoms in total. The van der Waals surface area contributed by atoms with E-state index in [2.05, 4.69) is 15.4 Å². The van der Waals surface area contributed by atoms with Crippen LogP contribution in [0.3, 0.4) is 0 Å². The van der Waals surface area contributed by atoms with Crippen LogP contribution in [-0.4, -0.2) is 20.5 Å². The highest BCUT2D eigenvalue weighted by atomic mass is 32.1. The molecule has 6 heteroatoms. The molecule has 3 aromatic rings. The van der Waals surface area contributed by atoms with Crippen molar-refractivity contribution in [3.05, 3.63) is 52.1 Å². The van der Waals surface area contributed by atoms with Crippen molar-refractivity contribution < 1.29 is 4.79 Å². The summed E-state index contributed by atoms with van der Waals surface area (Å²) in [6.07, 6.45) is 3.26. The van der Waals surface area contributed by atoms with Crippen molar-refractivity contribution in [3.8, 4) is 0 Å². The van der Waals surface area contributed by atoms with Gasteiger partial charge < -0.3 is 5.32 Å². The number of nitrogens with zero attached hydrogens (tertiary/aromatic N) is 3. The molecular formula is C13H12N4OS. The van der Waals surface area contributed by atoms with Gasteiger partial charge in [-0.3, -0.25) is 4.79 Å². The van der Waals surface area contributed by atoms with Crippen molar-refractivity contribution in [2.45, 2.75) is 13.5 Å². The summed E-state index contributed by atoms with van der Waals surface area (Å²) in [5.41, 5.74) is 2.13. The average Bonchev–Trinajstić information content (AvgIpc) is 3.02. The number of carbonyl (C=O) groups excluding carboxylic acids is 1. The third-order valence-corrected chi connectivity index (χ3v) is 3.58. The number of thiophene rings is 1. The highest BCUT2D eigenvalue weighted by Crippen LogP contribution is 2.08. The maximum atomic E-state index is 12.0. The van der Waals surface area contributed by atoms with Gasteiger partial charge in [0.15, 0.2) is 5.65 Å². The molecule has 0 atom stereocenters. The summed E-state index contributed by atoms with van der Waals surface area (Å²) in [5, 5.41) is 9.09. The highest BCUT2D eigenvalue weighted by molar-refractivity contribution is 7.09. The monoisotopic (exact) mass is 272 g/mol. The lowest BCUT2D eigenvalue weighted by atomic mass is 10.3. The van der Waals surface area contributed by atoms with Gasteiger partial charge in [0.25, 0.3) is 5.91 Å². The zero-order valence-corrected chi connectivity index (χ0v) is 11.1.